The second kappa shape index (κ2) is 12.9. The Balaban J connectivity index is 0.000000211. The molecular formula is C21H31ClN4O2S. The van der Waals surface area contributed by atoms with Crippen LogP contribution in [0.3, 0.4) is 0 Å². The number of amides is 1. The summed E-state index contributed by atoms with van der Waals surface area (Å²) in [5, 5.41) is 11.3. The zero-order valence-electron chi connectivity index (χ0n) is 17.4. The Labute approximate surface area is 182 Å². The highest BCUT2D eigenvalue weighted by Crippen LogP contribution is 2.40. The van der Waals surface area contributed by atoms with Gasteiger partial charge in [0.25, 0.3) is 5.91 Å². The quantitative estimate of drug-likeness (QED) is 0.660. The van der Waals surface area contributed by atoms with Gasteiger partial charge in [-0.05, 0) is 58.2 Å². The van der Waals surface area contributed by atoms with Crippen molar-refractivity contribution in [3.63, 3.8) is 0 Å². The highest BCUT2D eigenvalue weighted by atomic mass is 35.5. The van der Waals surface area contributed by atoms with E-state index in [-0.39, 0.29) is 5.91 Å². The summed E-state index contributed by atoms with van der Waals surface area (Å²) in [4.78, 5) is 16.0. The van der Waals surface area contributed by atoms with E-state index >= 15 is 0 Å². The first-order valence-electron chi connectivity index (χ1n) is 10.1. The standard InChI is InChI=1S/C13H18N2O2.C6H6ClNS.C2H7N/c16-13(14-10-4-2-1-3-5-10)11-8-12(17-15-11)9-6-7-9;1-9-6-3-2-5(7)4-8-6;1-3-2/h8-10H,1-7H2,(H,14,16);2-4H,1H3;3H,1-2H3. The van der Waals surface area contributed by atoms with Crippen LogP contribution in [0.2, 0.25) is 5.02 Å². The fraction of sp³-hybridized carbons (Fsp3) is 0.571. The predicted octanol–water partition coefficient (Wildman–Crippen LogP) is 4.91. The summed E-state index contributed by atoms with van der Waals surface area (Å²) in [7, 11) is 3.75. The number of hydrogen-bond acceptors (Lipinski definition) is 6. The van der Waals surface area contributed by atoms with Gasteiger partial charge >= 0.3 is 0 Å². The van der Waals surface area contributed by atoms with Gasteiger partial charge in [-0.2, -0.15) is 0 Å². The minimum absolute atomic E-state index is 0.0763. The van der Waals surface area contributed by atoms with Crippen LogP contribution in [-0.4, -0.2) is 42.4 Å². The highest BCUT2D eigenvalue weighted by molar-refractivity contribution is 7.98. The molecule has 6 nitrogen and oxygen atoms in total. The number of rotatable bonds is 4. The van der Waals surface area contributed by atoms with Gasteiger partial charge in [-0.1, -0.05) is 36.0 Å². The van der Waals surface area contributed by atoms with Crippen molar-refractivity contribution in [3.05, 3.63) is 40.9 Å². The van der Waals surface area contributed by atoms with Crippen LogP contribution >= 0.6 is 23.4 Å². The first kappa shape index (κ1) is 23.7. The van der Waals surface area contributed by atoms with Crippen molar-refractivity contribution in [2.24, 2.45) is 0 Å². The minimum Gasteiger partial charge on any atom is -0.360 e. The lowest BCUT2D eigenvalue weighted by Gasteiger charge is -2.22. The smallest absolute Gasteiger partial charge is 0.273 e. The van der Waals surface area contributed by atoms with E-state index in [1.807, 2.05) is 32.5 Å². The lowest BCUT2D eigenvalue weighted by atomic mass is 9.95. The first-order chi connectivity index (χ1) is 14.1. The number of aromatic nitrogens is 2. The molecule has 2 aromatic rings. The monoisotopic (exact) mass is 438 g/mol. The lowest BCUT2D eigenvalue weighted by Crippen LogP contribution is -2.36. The lowest BCUT2D eigenvalue weighted by molar-refractivity contribution is 0.0918. The zero-order chi connectivity index (χ0) is 21.1. The molecule has 1 amide bonds. The van der Waals surface area contributed by atoms with E-state index in [0.717, 1.165) is 23.6 Å². The summed E-state index contributed by atoms with van der Waals surface area (Å²) in [6.07, 6.45) is 11.9. The molecule has 2 saturated carbocycles. The molecule has 0 aromatic carbocycles. The molecule has 2 aliphatic carbocycles. The number of halogens is 1. The number of pyridine rings is 1. The van der Waals surface area contributed by atoms with Crippen molar-refractivity contribution in [1.29, 1.82) is 0 Å². The second-order valence-electron chi connectivity index (χ2n) is 7.22. The molecule has 2 heterocycles. The molecule has 0 saturated heterocycles. The summed E-state index contributed by atoms with van der Waals surface area (Å²) in [6, 6.07) is 5.86. The van der Waals surface area contributed by atoms with Crippen molar-refractivity contribution in [1.82, 2.24) is 20.8 Å². The van der Waals surface area contributed by atoms with E-state index in [9.17, 15) is 4.79 Å². The summed E-state index contributed by atoms with van der Waals surface area (Å²) in [6.45, 7) is 0. The third-order valence-corrected chi connectivity index (χ3v) is 5.47. The van der Waals surface area contributed by atoms with Crippen LogP contribution in [0.25, 0.3) is 0 Å². The summed E-state index contributed by atoms with van der Waals surface area (Å²) in [5.74, 6) is 1.31. The summed E-state index contributed by atoms with van der Waals surface area (Å²) >= 11 is 7.20. The van der Waals surface area contributed by atoms with Crippen LogP contribution in [0.5, 0.6) is 0 Å². The fourth-order valence-electron chi connectivity index (χ4n) is 2.95. The predicted molar refractivity (Wildman–Crippen MR) is 119 cm³/mol. The van der Waals surface area contributed by atoms with Crippen LogP contribution < -0.4 is 10.6 Å². The van der Waals surface area contributed by atoms with Gasteiger partial charge in [0.15, 0.2) is 5.69 Å². The van der Waals surface area contributed by atoms with E-state index in [0.29, 0.717) is 22.7 Å². The van der Waals surface area contributed by atoms with Crippen molar-refractivity contribution < 1.29 is 9.32 Å². The van der Waals surface area contributed by atoms with Gasteiger partial charge in [0.05, 0.1) is 10.0 Å². The Morgan fingerprint density at radius 1 is 1.17 bits per heavy atom. The largest absolute Gasteiger partial charge is 0.360 e. The molecule has 2 N–H and O–H groups in total. The third-order valence-electron chi connectivity index (χ3n) is 4.59. The van der Waals surface area contributed by atoms with Crippen LogP contribution in [0.1, 0.15) is 67.1 Å². The molecule has 0 atom stereocenters. The second-order valence-corrected chi connectivity index (χ2v) is 8.48. The Bertz CT molecular complexity index is 729. The van der Waals surface area contributed by atoms with Crippen LogP contribution in [0.4, 0.5) is 0 Å². The molecule has 0 unspecified atom stereocenters. The third kappa shape index (κ3) is 8.76. The topological polar surface area (TPSA) is 80.0 Å². The molecule has 4 rings (SSSR count). The summed E-state index contributed by atoms with van der Waals surface area (Å²) in [5.41, 5.74) is 0.442. The number of thioether (sulfide) groups is 1. The van der Waals surface area contributed by atoms with Crippen molar-refractivity contribution >= 4 is 29.3 Å². The Morgan fingerprint density at radius 2 is 1.86 bits per heavy atom. The van der Waals surface area contributed by atoms with Gasteiger partial charge in [-0.25, -0.2) is 4.98 Å². The van der Waals surface area contributed by atoms with Crippen molar-refractivity contribution in [2.45, 2.75) is 61.9 Å². The SMILES string of the molecule is CNC.CSc1ccc(Cl)cn1.O=C(NC1CCCCC1)c1cc(C2CC2)on1. The molecule has 0 spiro atoms. The van der Waals surface area contributed by atoms with Crippen LogP contribution in [0.15, 0.2) is 33.9 Å². The van der Waals surface area contributed by atoms with Gasteiger partial charge in [0.2, 0.25) is 0 Å². The molecule has 0 aliphatic heterocycles. The van der Waals surface area contributed by atoms with E-state index in [1.54, 1.807) is 24.0 Å². The average molecular weight is 439 g/mol. The highest BCUT2D eigenvalue weighted by Gasteiger charge is 2.29. The molecule has 2 fully saturated rings. The van der Waals surface area contributed by atoms with Gasteiger partial charge in [0.1, 0.15) is 5.76 Å². The normalized spacial score (nSPS) is 16.1. The van der Waals surface area contributed by atoms with Crippen molar-refractivity contribution in [2.75, 3.05) is 20.4 Å². The molecular weight excluding hydrogens is 408 g/mol. The molecule has 160 valence electrons. The van der Waals surface area contributed by atoms with E-state index in [1.165, 1.54) is 32.1 Å². The van der Waals surface area contributed by atoms with E-state index in [4.69, 9.17) is 16.1 Å². The minimum atomic E-state index is -0.0763. The Hall–Kier alpha value is -1.57. The Morgan fingerprint density at radius 3 is 2.41 bits per heavy atom. The van der Waals surface area contributed by atoms with Gasteiger partial charge in [0, 0.05) is 24.2 Å². The first-order valence-corrected chi connectivity index (χ1v) is 11.7. The maximum atomic E-state index is 11.9. The van der Waals surface area contributed by atoms with Gasteiger partial charge < -0.3 is 15.2 Å². The molecule has 0 radical (unpaired) electrons. The molecule has 2 aromatic heterocycles. The molecule has 8 heteroatoms. The number of carbonyl (C=O) groups is 1. The fourth-order valence-corrected chi connectivity index (χ4v) is 3.42. The maximum Gasteiger partial charge on any atom is 0.273 e. The van der Waals surface area contributed by atoms with Gasteiger partial charge in [-0.15, -0.1) is 11.8 Å². The number of nitrogens with one attached hydrogen (secondary N) is 2. The van der Waals surface area contributed by atoms with Crippen LogP contribution in [-0.2, 0) is 0 Å². The average Bonchev–Trinajstić information content (AvgIpc) is 3.47. The summed E-state index contributed by atoms with van der Waals surface area (Å²) < 4.78 is 5.19. The molecule has 0 bridgehead atoms. The van der Waals surface area contributed by atoms with Gasteiger partial charge in [-0.3, -0.25) is 4.79 Å². The number of nitrogens with zero attached hydrogens (tertiary/aromatic N) is 2. The van der Waals surface area contributed by atoms with Crippen molar-refractivity contribution in [3.8, 4) is 0 Å². The number of hydrogen-bond donors (Lipinski definition) is 2. The zero-order valence-corrected chi connectivity index (χ0v) is 19.0. The maximum absolute atomic E-state index is 11.9. The van der Waals surface area contributed by atoms with E-state index < -0.39 is 0 Å². The number of carbonyl (C=O) groups excluding carboxylic acids is 1. The molecule has 29 heavy (non-hydrogen) atoms. The van der Waals surface area contributed by atoms with E-state index in [2.05, 4.69) is 20.8 Å². The van der Waals surface area contributed by atoms with Crippen LogP contribution in [0, 0.1) is 0 Å². The molecule has 2 aliphatic rings. The Kier molecular flexibility index (Phi) is 10.5.